The van der Waals surface area contributed by atoms with Gasteiger partial charge in [-0.2, -0.15) is 5.26 Å². The predicted octanol–water partition coefficient (Wildman–Crippen LogP) is 5.41. The maximum absolute atomic E-state index is 12.9. The molecule has 1 fully saturated rings. The molecule has 0 saturated carbocycles. The number of aromatic nitrogens is 1. The van der Waals surface area contributed by atoms with Gasteiger partial charge in [0.15, 0.2) is 0 Å². The molecule has 36 heavy (non-hydrogen) atoms. The number of hydrogen-bond donors (Lipinski definition) is 2. The van der Waals surface area contributed by atoms with E-state index in [1.54, 1.807) is 6.92 Å². The van der Waals surface area contributed by atoms with E-state index in [9.17, 15) is 15.2 Å². The number of hydrogen-bond acceptors (Lipinski definition) is 4. The monoisotopic (exact) mass is 484 g/mol. The van der Waals surface area contributed by atoms with Gasteiger partial charge in [-0.25, -0.2) is 0 Å². The van der Waals surface area contributed by atoms with Crippen molar-refractivity contribution in [2.75, 3.05) is 24.6 Å². The van der Waals surface area contributed by atoms with Crippen LogP contribution in [0.25, 0.3) is 27.6 Å². The second-order valence-electron chi connectivity index (χ2n) is 10.4. The van der Waals surface area contributed by atoms with Crippen molar-refractivity contribution in [1.29, 1.82) is 5.26 Å². The molecule has 4 rings (SSSR count). The number of piperidine rings is 1. The molecule has 3 aromatic rings. The second-order valence-corrected chi connectivity index (χ2v) is 10.4. The fourth-order valence-corrected chi connectivity index (χ4v) is 5.06. The Balaban J connectivity index is 1.62. The average molecular weight is 485 g/mol. The van der Waals surface area contributed by atoms with Crippen LogP contribution in [0.5, 0.6) is 0 Å². The Labute approximate surface area is 213 Å². The van der Waals surface area contributed by atoms with Crippen LogP contribution in [0.1, 0.15) is 52.1 Å². The summed E-state index contributed by atoms with van der Waals surface area (Å²) < 4.78 is 2.03. The predicted molar refractivity (Wildman–Crippen MR) is 147 cm³/mol. The van der Waals surface area contributed by atoms with Crippen LogP contribution in [0, 0.1) is 11.3 Å². The first-order chi connectivity index (χ1) is 17.2. The third kappa shape index (κ3) is 5.32. The number of aliphatic hydroxyl groups is 1. The van der Waals surface area contributed by atoms with Crippen molar-refractivity contribution >= 4 is 27.9 Å². The number of fused-ring (bicyclic) bond motifs is 1. The van der Waals surface area contributed by atoms with Crippen LogP contribution >= 0.6 is 0 Å². The molecule has 1 aliphatic rings. The third-order valence-electron chi connectivity index (χ3n) is 7.25. The van der Waals surface area contributed by atoms with Crippen LogP contribution in [0.15, 0.2) is 54.1 Å². The van der Waals surface area contributed by atoms with E-state index in [1.165, 1.54) is 35.7 Å². The van der Waals surface area contributed by atoms with Crippen molar-refractivity contribution in [3.63, 3.8) is 0 Å². The lowest BCUT2D eigenvalue weighted by atomic mass is 9.99. The van der Waals surface area contributed by atoms with Crippen LogP contribution < -0.4 is 10.2 Å². The maximum atomic E-state index is 12.9. The van der Waals surface area contributed by atoms with Crippen molar-refractivity contribution in [2.24, 2.45) is 7.05 Å². The van der Waals surface area contributed by atoms with E-state index in [0.717, 1.165) is 30.0 Å². The highest BCUT2D eigenvalue weighted by atomic mass is 16.3. The quantitative estimate of drug-likeness (QED) is 0.347. The van der Waals surface area contributed by atoms with Gasteiger partial charge in [0, 0.05) is 49.4 Å². The largest absolute Gasteiger partial charge is 0.396 e. The van der Waals surface area contributed by atoms with Crippen LogP contribution in [-0.2, 0) is 11.8 Å². The van der Waals surface area contributed by atoms with E-state index in [0.29, 0.717) is 12.0 Å². The zero-order valence-electron chi connectivity index (χ0n) is 21.8. The zero-order chi connectivity index (χ0) is 25.9. The minimum absolute atomic E-state index is 0.0373. The molecule has 0 unspecified atom stereocenters. The molecule has 6 heteroatoms. The highest BCUT2D eigenvalue weighted by Crippen LogP contribution is 2.31. The summed E-state index contributed by atoms with van der Waals surface area (Å²) in [6.07, 6.45) is 4.25. The van der Waals surface area contributed by atoms with Crippen molar-refractivity contribution in [3.8, 4) is 17.3 Å². The van der Waals surface area contributed by atoms with Gasteiger partial charge in [-0.15, -0.1) is 0 Å². The van der Waals surface area contributed by atoms with E-state index in [2.05, 4.69) is 52.7 Å². The number of rotatable bonds is 7. The standard InChI is InChI=1S/C30H36N4O2/c1-21(26(20-31)29(36)32-30(2,3)14-17-35)27-12-13-28(33(27)4)24-9-8-23-19-25(11-10-22(23)18-24)34-15-6-5-7-16-34/h8-13,18-19,35H,5-7,14-17H2,1-4H3,(H,32,36)/b26-21+. The summed E-state index contributed by atoms with van der Waals surface area (Å²) in [5.74, 6) is -0.425. The lowest BCUT2D eigenvalue weighted by molar-refractivity contribution is -0.118. The van der Waals surface area contributed by atoms with Crippen molar-refractivity contribution < 1.29 is 9.90 Å². The number of benzene rings is 2. The molecule has 0 aliphatic carbocycles. The van der Waals surface area contributed by atoms with Crippen molar-refractivity contribution in [3.05, 3.63) is 59.8 Å². The molecule has 1 amide bonds. The van der Waals surface area contributed by atoms with Crippen LogP contribution in [0.2, 0.25) is 0 Å². The summed E-state index contributed by atoms with van der Waals surface area (Å²) in [6, 6.07) is 19.3. The number of allylic oxidation sites excluding steroid dienone is 1. The third-order valence-corrected chi connectivity index (χ3v) is 7.25. The van der Waals surface area contributed by atoms with Gasteiger partial charge in [0.25, 0.3) is 5.91 Å². The molecule has 0 spiro atoms. The summed E-state index contributed by atoms with van der Waals surface area (Å²) in [5.41, 5.74) is 4.31. The van der Waals surface area contributed by atoms with E-state index < -0.39 is 11.4 Å². The first kappa shape index (κ1) is 25.5. The highest BCUT2D eigenvalue weighted by molar-refractivity contribution is 6.04. The number of anilines is 1. The SMILES string of the molecule is C/C(=C(/C#N)C(=O)NC(C)(C)CCO)c1ccc(-c2ccc3cc(N4CCCCC4)ccc3c2)n1C. The molecule has 0 radical (unpaired) electrons. The van der Waals surface area contributed by atoms with E-state index in [4.69, 9.17) is 0 Å². The van der Waals surface area contributed by atoms with Gasteiger partial charge in [-0.1, -0.05) is 18.2 Å². The van der Waals surface area contributed by atoms with E-state index in [-0.39, 0.29) is 12.2 Å². The highest BCUT2D eigenvalue weighted by Gasteiger charge is 2.24. The van der Waals surface area contributed by atoms with E-state index in [1.807, 2.05) is 37.6 Å². The molecule has 2 aromatic carbocycles. The van der Waals surface area contributed by atoms with Gasteiger partial charge in [0.2, 0.25) is 0 Å². The van der Waals surface area contributed by atoms with Crippen LogP contribution in [0.3, 0.4) is 0 Å². The summed E-state index contributed by atoms with van der Waals surface area (Å²) >= 11 is 0. The van der Waals surface area contributed by atoms with Crippen molar-refractivity contribution in [1.82, 2.24) is 9.88 Å². The molecule has 1 aromatic heterocycles. The Kier molecular flexibility index (Phi) is 7.51. The number of nitrogens with one attached hydrogen (secondary N) is 1. The molecular formula is C30H36N4O2. The smallest absolute Gasteiger partial charge is 0.262 e. The van der Waals surface area contributed by atoms with Crippen molar-refractivity contribution in [2.45, 2.75) is 52.0 Å². The molecular weight excluding hydrogens is 448 g/mol. The lowest BCUT2D eigenvalue weighted by Crippen LogP contribution is -2.44. The minimum atomic E-state index is -0.605. The average Bonchev–Trinajstić information content (AvgIpc) is 3.25. The summed E-state index contributed by atoms with van der Waals surface area (Å²) in [4.78, 5) is 15.3. The van der Waals surface area contributed by atoms with Gasteiger partial charge in [-0.05, 0) is 98.7 Å². The Morgan fingerprint density at radius 1 is 1.06 bits per heavy atom. The number of carbonyl (C=O) groups is 1. The number of aliphatic hydroxyl groups excluding tert-OH is 1. The molecule has 2 heterocycles. The van der Waals surface area contributed by atoms with Crippen LogP contribution in [-0.4, -0.2) is 40.8 Å². The zero-order valence-corrected chi connectivity index (χ0v) is 21.8. The maximum Gasteiger partial charge on any atom is 0.262 e. The van der Waals surface area contributed by atoms with Gasteiger partial charge >= 0.3 is 0 Å². The summed E-state index contributed by atoms with van der Waals surface area (Å²) in [7, 11) is 1.96. The first-order valence-electron chi connectivity index (χ1n) is 12.7. The Morgan fingerprint density at radius 2 is 1.75 bits per heavy atom. The minimum Gasteiger partial charge on any atom is -0.396 e. The fraction of sp³-hybridized carbons (Fsp3) is 0.400. The molecule has 2 N–H and O–H groups in total. The molecule has 1 saturated heterocycles. The second kappa shape index (κ2) is 10.6. The first-order valence-corrected chi connectivity index (χ1v) is 12.7. The molecule has 0 bridgehead atoms. The molecule has 188 valence electrons. The fourth-order valence-electron chi connectivity index (χ4n) is 5.06. The molecule has 1 aliphatic heterocycles. The summed E-state index contributed by atoms with van der Waals surface area (Å²) in [6.45, 7) is 7.69. The molecule has 0 atom stereocenters. The number of amides is 1. The van der Waals surface area contributed by atoms with Gasteiger partial charge in [0.05, 0.1) is 0 Å². The Bertz CT molecular complexity index is 1340. The number of nitriles is 1. The van der Waals surface area contributed by atoms with E-state index >= 15 is 0 Å². The van der Waals surface area contributed by atoms with Gasteiger partial charge in [-0.3, -0.25) is 4.79 Å². The Hall–Kier alpha value is -3.56. The summed E-state index contributed by atoms with van der Waals surface area (Å²) in [5, 5.41) is 24.3. The normalized spacial score (nSPS) is 14.9. The number of carbonyl (C=O) groups excluding carboxylic acids is 1. The van der Waals surface area contributed by atoms with Gasteiger partial charge in [0.1, 0.15) is 11.6 Å². The molecule has 6 nitrogen and oxygen atoms in total. The lowest BCUT2D eigenvalue weighted by Gasteiger charge is -2.29. The van der Waals surface area contributed by atoms with Crippen LogP contribution in [0.4, 0.5) is 5.69 Å². The topological polar surface area (TPSA) is 81.3 Å². The number of nitrogens with zero attached hydrogens (tertiary/aromatic N) is 3. The van der Waals surface area contributed by atoms with Gasteiger partial charge < -0.3 is 19.9 Å². The Morgan fingerprint density at radius 3 is 2.44 bits per heavy atom.